The van der Waals surface area contributed by atoms with Crippen molar-refractivity contribution >= 4 is 23.4 Å². The van der Waals surface area contributed by atoms with Crippen LogP contribution in [0.4, 0.5) is 0 Å². The molecule has 5 heteroatoms. The third-order valence-corrected chi connectivity index (χ3v) is 6.60. The molecule has 0 heterocycles. The highest BCUT2D eigenvalue weighted by Crippen LogP contribution is 2.20. The van der Waals surface area contributed by atoms with Crippen LogP contribution in [0, 0.1) is 13.8 Å². The number of aryl methyl sites for hydroxylation is 2. The molecular weight excluding hydrogens is 456 g/mol. The fourth-order valence-corrected chi connectivity index (χ4v) is 4.30. The summed E-state index contributed by atoms with van der Waals surface area (Å²) in [6.45, 7) is 8.36. The molecular formula is C30H35ClN2O2. The Morgan fingerprint density at radius 1 is 0.943 bits per heavy atom. The summed E-state index contributed by atoms with van der Waals surface area (Å²) in [7, 11) is 0. The average Bonchev–Trinajstić information content (AvgIpc) is 2.84. The zero-order valence-corrected chi connectivity index (χ0v) is 21.8. The molecule has 0 spiro atoms. The zero-order chi connectivity index (χ0) is 25.4. The number of nitrogens with one attached hydrogen (secondary N) is 1. The van der Waals surface area contributed by atoms with Crippen molar-refractivity contribution in [2.24, 2.45) is 0 Å². The largest absolute Gasteiger partial charge is 0.352 e. The number of amides is 2. The van der Waals surface area contributed by atoms with Crippen LogP contribution >= 0.6 is 11.6 Å². The van der Waals surface area contributed by atoms with Gasteiger partial charge < -0.3 is 10.2 Å². The van der Waals surface area contributed by atoms with Crippen LogP contribution < -0.4 is 5.32 Å². The summed E-state index contributed by atoms with van der Waals surface area (Å²) in [6, 6.07) is 22.8. The van der Waals surface area contributed by atoms with Gasteiger partial charge in [0.05, 0.1) is 6.42 Å². The molecule has 0 saturated heterocycles. The van der Waals surface area contributed by atoms with E-state index >= 15 is 0 Å². The number of nitrogens with zero attached hydrogens (tertiary/aromatic N) is 1. The highest BCUT2D eigenvalue weighted by atomic mass is 35.5. The lowest BCUT2D eigenvalue weighted by atomic mass is 9.99. The summed E-state index contributed by atoms with van der Waals surface area (Å²) in [5, 5.41) is 3.71. The van der Waals surface area contributed by atoms with Gasteiger partial charge in [-0.2, -0.15) is 0 Å². The van der Waals surface area contributed by atoms with E-state index in [0.717, 1.165) is 34.2 Å². The molecule has 3 aromatic rings. The quantitative estimate of drug-likeness (QED) is 0.376. The Balaban J connectivity index is 2.00. The van der Waals surface area contributed by atoms with Crippen molar-refractivity contribution in [1.29, 1.82) is 0 Å². The lowest BCUT2D eigenvalue weighted by Crippen LogP contribution is -2.52. The van der Waals surface area contributed by atoms with Crippen LogP contribution in [-0.4, -0.2) is 28.8 Å². The van der Waals surface area contributed by atoms with Crippen LogP contribution in [0.25, 0.3) is 0 Å². The number of carbonyl (C=O) groups is 2. The maximum Gasteiger partial charge on any atom is 0.243 e. The van der Waals surface area contributed by atoms with E-state index in [1.54, 1.807) is 4.90 Å². The molecule has 1 N–H and O–H groups in total. The molecule has 0 aliphatic carbocycles. The number of benzene rings is 3. The zero-order valence-electron chi connectivity index (χ0n) is 21.1. The van der Waals surface area contributed by atoms with Gasteiger partial charge in [0.2, 0.25) is 11.8 Å². The van der Waals surface area contributed by atoms with Crippen molar-refractivity contribution in [2.45, 2.75) is 65.6 Å². The van der Waals surface area contributed by atoms with Gasteiger partial charge in [-0.1, -0.05) is 84.8 Å². The maximum absolute atomic E-state index is 13.9. The first-order valence-electron chi connectivity index (χ1n) is 12.2. The summed E-state index contributed by atoms with van der Waals surface area (Å²) in [5.74, 6) is -0.224. The van der Waals surface area contributed by atoms with Gasteiger partial charge in [0.25, 0.3) is 0 Å². The van der Waals surface area contributed by atoms with Gasteiger partial charge in [-0.05, 0) is 61.6 Å². The molecule has 0 unspecified atom stereocenters. The molecule has 0 saturated carbocycles. The summed E-state index contributed by atoms with van der Waals surface area (Å²) < 4.78 is 0. The molecule has 0 bridgehead atoms. The van der Waals surface area contributed by atoms with Gasteiger partial charge in [-0.3, -0.25) is 9.59 Å². The molecule has 0 aromatic heterocycles. The van der Waals surface area contributed by atoms with Crippen molar-refractivity contribution in [2.75, 3.05) is 0 Å². The summed E-state index contributed by atoms with van der Waals surface area (Å²) in [6.07, 6.45) is 1.48. The van der Waals surface area contributed by atoms with Crippen molar-refractivity contribution in [3.05, 3.63) is 106 Å². The number of carbonyl (C=O) groups excluding carboxylic acids is 2. The van der Waals surface area contributed by atoms with E-state index in [9.17, 15) is 9.59 Å². The van der Waals surface area contributed by atoms with E-state index in [4.69, 9.17) is 11.6 Å². The van der Waals surface area contributed by atoms with Crippen LogP contribution in [0.1, 0.15) is 48.1 Å². The molecule has 3 rings (SSSR count). The van der Waals surface area contributed by atoms with Crippen molar-refractivity contribution in [3.8, 4) is 0 Å². The Bertz CT molecular complexity index is 1150. The highest BCUT2D eigenvalue weighted by molar-refractivity contribution is 6.30. The third kappa shape index (κ3) is 7.69. The molecule has 0 fully saturated rings. The average molecular weight is 491 g/mol. The van der Waals surface area contributed by atoms with Crippen LogP contribution in [0.2, 0.25) is 5.02 Å². The predicted molar refractivity (Wildman–Crippen MR) is 143 cm³/mol. The second-order valence-electron chi connectivity index (χ2n) is 9.28. The fourth-order valence-electron chi connectivity index (χ4n) is 4.08. The Morgan fingerprint density at radius 2 is 1.66 bits per heavy atom. The smallest absolute Gasteiger partial charge is 0.243 e. The first-order valence-corrected chi connectivity index (χ1v) is 12.6. The van der Waals surface area contributed by atoms with Gasteiger partial charge in [0, 0.05) is 24.0 Å². The molecule has 184 valence electrons. The molecule has 0 aliphatic rings. The normalized spacial score (nSPS) is 12.6. The topological polar surface area (TPSA) is 49.4 Å². The monoisotopic (exact) mass is 490 g/mol. The molecule has 0 radical (unpaired) electrons. The maximum atomic E-state index is 13.9. The van der Waals surface area contributed by atoms with Gasteiger partial charge in [0.15, 0.2) is 0 Å². The molecule has 2 amide bonds. The minimum atomic E-state index is -0.650. The SMILES string of the molecule is CC[C@H](C)NC(=O)[C@H](Cc1ccccc1)N(Cc1cccc(Cl)c1)C(=O)Cc1cc(C)ccc1C. The Hall–Kier alpha value is -3.11. The van der Waals surface area contributed by atoms with E-state index in [0.29, 0.717) is 18.0 Å². The first-order chi connectivity index (χ1) is 16.8. The van der Waals surface area contributed by atoms with Gasteiger partial charge in [-0.25, -0.2) is 0 Å². The molecule has 2 atom stereocenters. The van der Waals surface area contributed by atoms with Crippen LogP contribution in [0.5, 0.6) is 0 Å². The van der Waals surface area contributed by atoms with E-state index in [-0.39, 0.29) is 24.3 Å². The minimum Gasteiger partial charge on any atom is -0.352 e. The Morgan fingerprint density at radius 3 is 2.34 bits per heavy atom. The van der Waals surface area contributed by atoms with Crippen molar-refractivity contribution in [3.63, 3.8) is 0 Å². The molecule has 3 aromatic carbocycles. The van der Waals surface area contributed by atoms with Crippen LogP contribution in [0.15, 0.2) is 72.8 Å². The second-order valence-corrected chi connectivity index (χ2v) is 9.72. The first kappa shape index (κ1) is 26.5. The van der Waals surface area contributed by atoms with Gasteiger partial charge in [-0.15, -0.1) is 0 Å². The van der Waals surface area contributed by atoms with Crippen molar-refractivity contribution in [1.82, 2.24) is 10.2 Å². The highest BCUT2D eigenvalue weighted by Gasteiger charge is 2.31. The number of hydrogen-bond acceptors (Lipinski definition) is 2. The summed E-state index contributed by atoms with van der Waals surface area (Å²) in [4.78, 5) is 29.2. The fraction of sp³-hybridized carbons (Fsp3) is 0.333. The molecule has 0 aliphatic heterocycles. The van der Waals surface area contributed by atoms with E-state index in [1.807, 2.05) is 94.4 Å². The standard InChI is InChI=1S/C30H35ClN2O2/c1-5-23(4)32-30(35)28(18-24-10-7-6-8-11-24)33(20-25-12-9-13-27(31)17-25)29(34)19-26-16-21(2)14-15-22(26)3/h6-17,23,28H,5,18-20H2,1-4H3,(H,32,35)/t23-,28-/m0/s1. The van der Waals surface area contributed by atoms with E-state index in [1.165, 1.54) is 0 Å². The van der Waals surface area contributed by atoms with Crippen LogP contribution in [0.3, 0.4) is 0 Å². The van der Waals surface area contributed by atoms with E-state index < -0.39 is 6.04 Å². The lowest BCUT2D eigenvalue weighted by molar-refractivity contribution is -0.141. The molecule has 4 nitrogen and oxygen atoms in total. The Kier molecular flexibility index (Phi) is 9.50. The predicted octanol–water partition coefficient (Wildman–Crippen LogP) is 6.05. The number of halogens is 1. The third-order valence-electron chi connectivity index (χ3n) is 6.36. The lowest BCUT2D eigenvalue weighted by Gasteiger charge is -2.32. The van der Waals surface area contributed by atoms with Crippen LogP contribution in [-0.2, 0) is 29.0 Å². The summed E-state index contributed by atoms with van der Waals surface area (Å²) >= 11 is 6.25. The molecule has 35 heavy (non-hydrogen) atoms. The van der Waals surface area contributed by atoms with Gasteiger partial charge >= 0.3 is 0 Å². The van der Waals surface area contributed by atoms with Gasteiger partial charge in [0.1, 0.15) is 6.04 Å². The van der Waals surface area contributed by atoms with Crippen molar-refractivity contribution < 1.29 is 9.59 Å². The van der Waals surface area contributed by atoms with E-state index in [2.05, 4.69) is 11.4 Å². The minimum absolute atomic E-state index is 0.0166. The number of rotatable bonds is 10. The summed E-state index contributed by atoms with van der Waals surface area (Å²) in [5.41, 5.74) is 5.05. The number of hydrogen-bond donors (Lipinski definition) is 1. The second kappa shape index (κ2) is 12.6. The Labute approximate surface area is 214 Å².